The molecule has 1 aromatic rings. The van der Waals surface area contributed by atoms with Crippen LogP contribution in [0.1, 0.15) is 30.1 Å². The van der Waals surface area contributed by atoms with E-state index in [0.717, 1.165) is 25.9 Å². The molecule has 2 rings (SSSR count). The summed E-state index contributed by atoms with van der Waals surface area (Å²) in [5.41, 5.74) is 0.853. The first-order valence-corrected chi connectivity index (χ1v) is 6.01. The first-order valence-electron chi connectivity index (χ1n) is 6.01. The second-order valence-electron chi connectivity index (χ2n) is 5.01. The summed E-state index contributed by atoms with van der Waals surface area (Å²) in [6.07, 6.45) is 5.40. The van der Waals surface area contributed by atoms with Crippen LogP contribution in [0, 0.1) is 0 Å². The fourth-order valence-electron chi connectivity index (χ4n) is 2.17. The van der Waals surface area contributed by atoms with Crippen LogP contribution in [-0.2, 0) is 7.05 Å². The highest BCUT2D eigenvalue weighted by Gasteiger charge is 2.30. The predicted molar refractivity (Wildman–Crippen MR) is 65.8 cm³/mol. The van der Waals surface area contributed by atoms with Gasteiger partial charge in [-0.1, -0.05) is 0 Å². The Kier molecular flexibility index (Phi) is 3.19. The van der Waals surface area contributed by atoms with Crippen molar-refractivity contribution in [3.8, 4) is 0 Å². The molecule has 1 amide bonds. The fraction of sp³-hybridized carbons (Fsp3) is 0.667. The van der Waals surface area contributed by atoms with Gasteiger partial charge in [-0.25, -0.2) is 0 Å². The maximum atomic E-state index is 12.2. The van der Waals surface area contributed by atoms with Crippen molar-refractivity contribution >= 4 is 5.91 Å². The summed E-state index contributed by atoms with van der Waals surface area (Å²) in [5, 5.41) is 7.36. The van der Waals surface area contributed by atoms with Crippen LogP contribution >= 0.6 is 0 Å². The molecular formula is C12H20N4O. The number of likely N-dealkylation sites (tertiary alicyclic amines) is 1. The van der Waals surface area contributed by atoms with E-state index in [0.29, 0.717) is 5.56 Å². The number of carbonyl (C=O) groups excluding carboxylic acids is 1. The predicted octanol–water partition coefficient (Wildman–Crippen LogP) is 0.634. The fourth-order valence-corrected chi connectivity index (χ4v) is 2.17. The van der Waals surface area contributed by atoms with Gasteiger partial charge >= 0.3 is 0 Å². The zero-order chi connectivity index (χ0) is 12.5. The molecule has 1 aliphatic heterocycles. The summed E-state index contributed by atoms with van der Waals surface area (Å²) in [6, 6.07) is 0. The lowest BCUT2D eigenvalue weighted by atomic mass is 9.90. The van der Waals surface area contributed by atoms with E-state index in [1.165, 1.54) is 0 Å². The highest BCUT2D eigenvalue weighted by molar-refractivity contribution is 5.93. The number of hydrogen-bond donors (Lipinski definition) is 1. The van der Waals surface area contributed by atoms with Gasteiger partial charge in [0.1, 0.15) is 0 Å². The van der Waals surface area contributed by atoms with Gasteiger partial charge in [0.2, 0.25) is 0 Å². The standard InChI is InChI=1S/C12H20N4O/c1-12(13-2)4-6-16(7-5-12)11(17)10-8-14-15(3)9-10/h8-9,13H,4-7H2,1-3H3. The summed E-state index contributed by atoms with van der Waals surface area (Å²) in [4.78, 5) is 14.1. The van der Waals surface area contributed by atoms with Gasteiger partial charge in [-0.15, -0.1) is 0 Å². The van der Waals surface area contributed by atoms with Crippen LogP contribution in [0.5, 0.6) is 0 Å². The third kappa shape index (κ3) is 2.49. The first-order chi connectivity index (χ1) is 8.04. The van der Waals surface area contributed by atoms with Crippen LogP contribution < -0.4 is 5.32 Å². The molecule has 0 atom stereocenters. The number of aryl methyl sites for hydroxylation is 1. The summed E-state index contributed by atoms with van der Waals surface area (Å²) in [6.45, 7) is 3.83. The molecule has 5 heteroatoms. The molecule has 0 saturated carbocycles. The average molecular weight is 236 g/mol. The van der Waals surface area contributed by atoms with Gasteiger partial charge in [-0.05, 0) is 26.8 Å². The van der Waals surface area contributed by atoms with Crippen LogP contribution in [0.25, 0.3) is 0 Å². The Morgan fingerprint density at radius 2 is 2.12 bits per heavy atom. The van der Waals surface area contributed by atoms with E-state index < -0.39 is 0 Å². The molecule has 1 fully saturated rings. The Labute approximate surface area is 102 Å². The van der Waals surface area contributed by atoms with E-state index in [1.807, 2.05) is 19.0 Å². The number of aromatic nitrogens is 2. The van der Waals surface area contributed by atoms with Crippen molar-refractivity contribution in [3.05, 3.63) is 18.0 Å². The molecule has 1 aromatic heterocycles. The molecule has 5 nitrogen and oxygen atoms in total. The zero-order valence-electron chi connectivity index (χ0n) is 10.7. The summed E-state index contributed by atoms with van der Waals surface area (Å²) in [7, 11) is 3.81. The Morgan fingerprint density at radius 1 is 1.47 bits per heavy atom. The maximum Gasteiger partial charge on any atom is 0.257 e. The molecule has 1 saturated heterocycles. The molecule has 1 aliphatic rings. The molecule has 2 heterocycles. The molecular weight excluding hydrogens is 216 g/mol. The van der Waals surface area contributed by atoms with Gasteiger partial charge in [0.15, 0.2) is 0 Å². The Morgan fingerprint density at radius 3 is 2.59 bits per heavy atom. The van der Waals surface area contributed by atoms with Crippen molar-refractivity contribution < 1.29 is 4.79 Å². The second-order valence-corrected chi connectivity index (χ2v) is 5.01. The van der Waals surface area contributed by atoms with E-state index in [9.17, 15) is 4.79 Å². The number of nitrogens with zero attached hydrogens (tertiary/aromatic N) is 3. The minimum Gasteiger partial charge on any atom is -0.338 e. The summed E-state index contributed by atoms with van der Waals surface area (Å²) in [5.74, 6) is 0.0938. The molecule has 1 N–H and O–H groups in total. The van der Waals surface area contributed by atoms with Gasteiger partial charge in [-0.2, -0.15) is 5.10 Å². The minimum absolute atomic E-state index is 0.0938. The van der Waals surface area contributed by atoms with Gasteiger partial charge in [-0.3, -0.25) is 9.48 Å². The monoisotopic (exact) mass is 236 g/mol. The quantitative estimate of drug-likeness (QED) is 0.819. The SMILES string of the molecule is CNC1(C)CCN(C(=O)c2cnn(C)c2)CC1. The largest absolute Gasteiger partial charge is 0.338 e. The van der Waals surface area contributed by atoms with Crippen molar-refractivity contribution in [2.24, 2.45) is 7.05 Å². The van der Waals surface area contributed by atoms with E-state index in [1.54, 1.807) is 17.1 Å². The van der Waals surface area contributed by atoms with Gasteiger partial charge < -0.3 is 10.2 Å². The summed E-state index contributed by atoms with van der Waals surface area (Å²) >= 11 is 0. The zero-order valence-corrected chi connectivity index (χ0v) is 10.7. The minimum atomic E-state index is 0.0938. The van der Waals surface area contributed by atoms with Crippen LogP contribution in [0.4, 0.5) is 0 Å². The second kappa shape index (κ2) is 4.49. The van der Waals surface area contributed by atoms with Crippen molar-refractivity contribution in [1.82, 2.24) is 20.0 Å². The Bertz CT molecular complexity index is 404. The smallest absolute Gasteiger partial charge is 0.257 e. The van der Waals surface area contributed by atoms with Gasteiger partial charge in [0, 0.05) is 31.9 Å². The molecule has 0 aliphatic carbocycles. The van der Waals surface area contributed by atoms with Crippen LogP contribution in [0.3, 0.4) is 0 Å². The van der Waals surface area contributed by atoms with Crippen molar-refractivity contribution in [2.75, 3.05) is 20.1 Å². The van der Waals surface area contributed by atoms with Crippen molar-refractivity contribution in [1.29, 1.82) is 0 Å². The van der Waals surface area contributed by atoms with Crippen LogP contribution in [-0.4, -0.2) is 46.3 Å². The molecule has 0 spiro atoms. The first kappa shape index (κ1) is 12.1. The Hall–Kier alpha value is -1.36. The number of piperidine rings is 1. The number of carbonyl (C=O) groups is 1. The Balaban J connectivity index is 1.99. The molecule has 0 aromatic carbocycles. The number of amides is 1. The molecule has 17 heavy (non-hydrogen) atoms. The molecule has 0 radical (unpaired) electrons. The number of rotatable bonds is 2. The highest BCUT2D eigenvalue weighted by atomic mass is 16.2. The van der Waals surface area contributed by atoms with Crippen LogP contribution in [0.2, 0.25) is 0 Å². The third-order valence-electron chi connectivity index (χ3n) is 3.71. The topological polar surface area (TPSA) is 50.2 Å². The maximum absolute atomic E-state index is 12.2. The lowest BCUT2D eigenvalue weighted by Crippen LogP contribution is -2.51. The summed E-state index contributed by atoms with van der Waals surface area (Å²) < 4.78 is 1.66. The lowest BCUT2D eigenvalue weighted by molar-refractivity contribution is 0.0661. The molecule has 0 unspecified atom stereocenters. The average Bonchev–Trinajstić information content (AvgIpc) is 2.76. The number of nitrogens with one attached hydrogen (secondary N) is 1. The van der Waals surface area contributed by atoms with E-state index >= 15 is 0 Å². The van der Waals surface area contributed by atoms with E-state index in [2.05, 4.69) is 17.3 Å². The molecule has 94 valence electrons. The normalized spacial score (nSPS) is 19.4. The van der Waals surface area contributed by atoms with Crippen molar-refractivity contribution in [2.45, 2.75) is 25.3 Å². The van der Waals surface area contributed by atoms with E-state index in [-0.39, 0.29) is 11.4 Å². The van der Waals surface area contributed by atoms with Crippen LogP contribution in [0.15, 0.2) is 12.4 Å². The number of hydrogen-bond acceptors (Lipinski definition) is 3. The molecule has 0 bridgehead atoms. The van der Waals surface area contributed by atoms with Gasteiger partial charge in [0.05, 0.1) is 11.8 Å². The lowest BCUT2D eigenvalue weighted by Gasteiger charge is -2.39. The third-order valence-corrected chi connectivity index (χ3v) is 3.71. The van der Waals surface area contributed by atoms with Gasteiger partial charge in [0.25, 0.3) is 5.91 Å². The highest BCUT2D eigenvalue weighted by Crippen LogP contribution is 2.22. The van der Waals surface area contributed by atoms with E-state index in [4.69, 9.17) is 0 Å². The van der Waals surface area contributed by atoms with Crippen molar-refractivity contribution in [3.63, 3.8) is 0 Å².